The van der Waals surface area contributed by atoms with E-state index in [9.17, 15) is 33.4 Å². The maximum Gasteiger partial charge on any atom is 0.408 e. The molecular weight excluding hydrogens is 736 g/mol. The Balaban J connectivity index is 1.64. The van der Waals surface area contributed by atoms with Crippen molar-refractivity contribution >= 4 is 28.9 Å². The SMILES string of the molecule is CCn1c(-c2cccnc2[C@H](C)OC)c(CC(C)(C)CO)c2cc(-c3cc(C[C@H](NC(=O)OC(C)(C)C)C(=O)N4CCCC(C(=O)O)N4)cc(C(F)F)c3)ccc21. The Bertz CT molecular complexity index is 2090. The molecule has 2 aromatic carbocycles. The van der Waals surface area contributed by atoms with Gasteiger partial charge in [-0.3, -0.25) is 19.6 Å². The molecule has 57 heavy (non-hydrogen) atoms. The second kappa shape index (κ2) is 17.7. The van der Waals surface area contributed by atoms with Crippen LogP contribution in [0.3, 0.4) is 0 Å². The topological polar surface area (TPSA) is 155 Å². The first kappa shape index (κ1) is 43.2. The largest absolute Gasteiger partial charge is 0.480 e. The first-order chi connectivity index (χ1) is 26.9. The van der Waals surface area contributed by atoms with Crippen LogP contribution in [0.5, 0.6) is 0 Å². The molecule has 0 spiro atoms. The number of halogens is 2. The molecule has 2 aromatic heterocycles. The Labute approximate surface area is 332 Å². The third-order valence-electron chi connectivity index (χ3n) is 10.2. The van der Waals surface area contributed by atoms with Gasteiger partial charge in [-0.05, 0) is 112 Å². The molecule has 1 saturated heterocycles. The minimum atomic E-state index is -2.85. The number of carbonyl (C=O) groups excluding carboxylic acids is 2. The molecule has 3 heterocycles. The summed E-state index contributed by atoms with van der Waals surface area (Å²) in [5.74, 6) is -1.75. The van der Waals surface area contributed by atoms with Crippen molar-refractivity contribution in [1.82, 2.24) is 25.3 Å². The standard InChI is InChI=1S/C43H55F2N5O7/c1-9-49-35-15-14-27(22-31(35)32(23-43(6,7)24-51)37(49)30-12-10-16-46-36(30)25(2)56-8)28-18-26(19-29(21-28)38(44)45)20-34(47-41(55)57-42(3,4)5)39(52)50-17-11-13-33(48-50)40(53)54/h10,12,14-16,18-19,21-22,25,33-34,38,48,51H,9,11,13,17,20,23-24H2,1-8H3,(H,47,55)(H,53,54)/t25-,33?,34-/m0/s1. The number of nitrogens with zero attached hydrogens (tertiary/aromatic N) is 3. The number of hydrazine groups is 1. The van der Waals surface area contributed by atoms with Gasteiger partial charge in [0.2, 0.25) is 0 Å². The molecule has 4 N–H and O–H groups in total. The number of aliphatic hydroxyl groups is 1. The van der Waals surface area contributed by atoms with Crippen molar-refractivity contribution in [3.05, 3.63) is 77.1 Å². The van der Waals surface area contributed by atoms with E-state index in [0.717, 1.165) is 33.4 Å². The smallest absolute Gasteiger partial charge is 0.408 e. The zero-order valence-electron chi connectivity index (χ0n) is 34.0. The Morgan fingerprint density at radius 1 is 1.07 bits per heavy atom. The third kappa shape index (κ3) is 10.2. The first-order valence-corrected chi connectivity index (χ1v) is 19.3. The number of nitrogens with one attached hydrogen (secondary N) is 2. The summed E-state index contributed by atoms with van der Waals surface area (Å²) in [6, 6.07) is 11.9. The number of alkyl halides is 2. The number of aliphatic carboxylic acids is 1. The van der Waals surface area contributed by atoms with E-state index in [-0.39, 0.29) is 31.2 Å². The number of alkyl carbamates (subject to hydrolysis) is 1. The fourth-order valence-corrected chi connectivity index (χ4v) is 7.33. The number of hydrogen-bond acceptors (Lipinski definition) is 8. The van der Waals surface area contributed by atoms with Crippen molar-refractivity contribution in [3.8, 4) is 22.4 Å². The predicted octanol–water partition coefficient (Wildman–Crippen LogP) is 7.61. The molecule has 0 aliphatic carbocycles. The summed E-state index contributed by atoms with van der Waals surface area (Å²) in [6.07, 6.45) is -1.27. The van der Waals surface area contributed by atoms with Gasteiger partial charge in [0.05, 0.1) is 17.5 Å². The lowest BCUT2D eigenvalue weighted by molar-refractivity contribution is -0.147. The number of fused-ring (bicyclic) bond motifs is 1. The highest BCUT2D eigenvalue weighted by Gasteiger charge is 2.34. The zero-order chi connectivity index (χ0) is 41.8. The fraction of sp³-hybridized carbons (Fsp3) is 0.488. The molecule has 1 aliphatic heterocycles. The number of carboxylic acids is 1. The van der Waals surface area contributed by atoms with E-state index in [2.05, 4.69) is 22.2 Å². The number of rotatable bonds is 14. The summed E-state index contributed by atoms with van der Waals surface area (Å²) in [5.41, 5.74) is 7.02. The lowest BCUT2D eigenvalue weighted by Crippen LogP contribution is -2.60. The summed E-state index contributed by atoms with van der Waals surface area (Å²) in [6.45, 7) is 13.7. The summed E-state index contributed by atoms with van der Waals surface area (Å²) in [4.78, 5) is 43.4. The number of aliphatic hydroxyl groups excluding tert-OH is 1. The summed E-state index contributed by atoms with van der Waals surface area (Å²) in [7, 11) is 1.63. The van der Waals surface area contributed by atoms with Crippen molar-refractivity contribution < 1.29 is 42.9 Å². The molecule has 4 aromatic rings. The monoisotopic (exact) mass is 791 g/mol. The number of amides is 2. The van der Waals surface area contributed by atoms with Gasteiger partial charge in [0.15, 0.2) is 0 Å². The van der Waals surface area contributed by atoms with Gasteiger partial charge < -0.3 is 29.6 Å². The normalized spacial score (nSPS) is 16.1. The van der Waals surface area contributed by atoms with Crippen molar-refractivity contribution in [3.63, 3.8) is 0 Å². The van der Waals surface area contributed by atoms with Gasteiger partial charge in [0, 0.05) is 61.5 Å². The minimum absolute atomic E-state index is 0.0692. The van der Waals surface area contributed by atoms with Crippen LogP contribution in [0.2, 0.25) is 0 Å². The number of carboxylic acid groups (broad SMARTS) is 1. The van der Waals surface area contributed by atoms with Crippen LogP contribution in [-0.2, 0) is 38.4 Å². The predicted molar refractivity (Wildman–Crippen MR) is 214 cm³/mol. The van der Waals surface area contributed by atoms with E-state index in [0.29, 0.717) is 42.5 Å². The van der Waals surface area contributed by atoms with Gasteiger partial charge in [-0.15, -0.1) is 0 Å². The lowest BCUT2D eigenvalue weighted by Gasteiger charge is -2.34. The van der Waals surface area contributed by atoms with Crippen LogP contribution in [0.25, 0.3) is 33.3 Å². The molecule has 1 aliphatic rings. The molecule has 1 unspecified atom stereocenters. The highest BCUT2D eigenvalue weighted by atomic mass is 19.3. The Hall–Kier alpha value is -4.92. The van der Waals surface area contributed by atoms with E-state index in [1.807, 2.05) is 51.1 Å². The van der Waals surface area contributed by atoms with Crippen molar-refractivity contribution in [2.24, 2.45) is 5.41 Å². The lowest BCUT2D eigenvalue weighted by atomic mass is 9.84. The number of aromatic nitrogens is 2. The van der Waals surface area contributed by atoms with E-state index >= 15 is 0 Å². The summed E-state index contributed by atoms with van der Waals surface area (Å²) >= 11 is 0. The van der Waals surface area contributed by atoms with Crippen LogP contribution in [0.15, 0.2) is 54.7 Å². The molecule has 0 bridgehead atoms. The first-order valence-electron chi connectivity index (χ1n) is 19.3. The van der Waals surface area contributed by atoms with Gasteiger partial charge in [-0.25, -0.2) is 19.0 Å². The van der Waals surface area contributed by atoms with Gasteiger partial charge in [-0.2, -0.15) is 0 Å². The number of carbonyl (C=O) groups is 3. The molecule has 14 heteroatoms. The molecule has 2 amide bonds. The average Bonchev–Trinajstić information content (AvgIpc) is 3.47. The number of hydrogen-bond donors (Lipinski definition) is 4. The third-order valence-corrected chi connectivity index (χ3v) is 10.2. The summed E-state index contributed by atoms with van der Waals surface area (Å²) in [5, 5.41) is 24.7. The van der Waals surface area contributed by atoms with Gasteiger partial charge in [0.1, 0.15) is 17.7 Å². The van der Waals surface area contributed by atoms with Gasteiger partial charge in [0.25, 0.3) is 12.3 Å². The molecule has 308 valence electrons. The maximum absolute atomic E-state index is 14.6. The van der Waals surface area contributed by atoms with Crippen LogP contribution in [-0.4, -0.2) is 80.7 Å². The van der Waals surface area contributed by atoms with E-state index in [1.165, 1.54) is 17.1 Å². The van der Waals surface area contributed by atoms with Crippen LogP contribution in [0.1, 0.15) is 96.2 Å². The van der Waals surface area contributed by atoms with Crippen molar-refractivity contribution in [2.45, 2.75) is 111 Å². The van der Waals surface area contributed by atoms with Crippen LogP contribution in [0, 0.1) is 5.41 Å². The number of ether oxygens (including phenoxy) is 2. The Morgan fingerprint density at radius 3 is 2.44 bits per heavy atom. The minimum Gasteiger partial charge on any atom is -0.480 e. The summed E-state index contributed by atoms with van der Waals surface area (Å²) < 4.78 is 42.6. The molecule has 5 rings (SSSR count). The Morgan fingerprint density at radius 2 is 1.81 bits per heavy atom. The van der Waals surface area contributed by atoms with E-state index in [4.69, 9.17) is 14.5 Å². The second-order valence-corrected chi connectivity index (χ2v) is 16.4. The van der Waals surface area contributed by atoms with Crippen molar-refractivity contribution in [2.75, 3.05) is 20.3 Å². The van der Waals surface area contributed by atoms with Crippen LogP contribution in [0.4, 0.5) is 13.6 Å². The highest BCUT2D eigenvalue weighted by molar-refractivity contribution is 5.95. The number of aryl methyl sites for hydroxylation is 1. The second-order valence-electron chi connectivity index (χ2n) is 16.4. The van der Waals surface area contributed by atoms with E-state index in [1.54, 1.807) is 40.1 Å². The van der Waals surface area contributed by atoms with Crippen LogP contribution >= 0.6 is 0 Å². The fourth-order valence-electron chi connectivity index (χ4n) is 7.33. The molecular formula is C43H55F2N5O7. The molecule has 1 fully saturated rings. The molecule has 12 nitrogen and oxygen atoms in total. The zero-order valence-corrected chi connectivity index (χ0v) is 34.0. The molecule has 0 radical (unpaired) electrons. The van der Waals surface area contributed by atoms with Gasteiger partial charge in [-0.1, -0.05) is 32.0 Å². The van der Waals surface area contributed by atoms with Crippen LogP contribution < -0.4 is 10.7 Å². The Kier molecular flexibility index (Phi) is 13.4. The molecule has 3 atom stereocenters. The van der Waals surface area contributed by atoms with Gasteiger partial charge >= 0.3 is 12.1 Å². The van der Waals surface area contributed by atoms with E-state index < -0.39 is 47.5 Å². The quantitative estimate of drug-likeness (QED) is 0.101. The van der Waals surface area contributed by atoms with Crippen molar-refractivity contribution in [1.29, 1.82) is 0 Å². The number of methoxy groups -OCH3 is 1. The molecule has 0 saturated carbocycles. The number of benzene rings is 2. The average molecular weight is 792 g/mol. The maximum atomic E-state index is 14.6. The number of pyridine rings is 1. The highest BCUT2D eigenvalue weighted by Crippen LogP contribution is 2.42.